The number of carbonyl (C=O) groups is 2. The van der Waals surface area contributed by atoms with Crippen LogP contribution in [0.1, 0.15) is 37.3 Å². The molecular weight excluding hydrogens is 252 g/mol. The van der Waals surface area contributed by atoms with Gasteiger partial charge in [-0.1, -0.05) is 13.0 Å². The first kappa shape index (κ1) is 14.6. The summed E-state index contributed by atoms with van der Waals surface area (Å²) >= 11 is 0. The zero-order chi connectivity index (χ0) is 14.7. The molecule has 20 heavy (non-hydrogen) atoms. The Morgan fingerprint density at radius 3 is 2.50 bits per heavy atom. The molecule has 0 saturated carbocycles. The quantitative estimate of drug-likeness (QED) is 0.921. The van der Waals surface area contributed by atoms with Gasteiger partial charge in [0.05, 0.1) is 0 Å². The molecule has 0 aliphatic carbocycles. The van der Waals surface area contributed by atoms with Crippen LogP contribution in [0.5, 0.6) is 0 Å². The second kappa shape index (κ2) is 6.07. The highest BCUT2D eigenvalue weighted by molar-refractivity contribution is 5.97. The van der Waals surface area contributed by atoms with E-state index in [1.54, 1.807) is 4.90 Å². The number of aryl methyl sites for hydroxylation is 2. The van der Waals surface area contributed by atoms with E-state index < -0.39 is 0 Å². The standard InChI is InChI=1S/C16H22N2O2/c1-4-15(19)18-7-5-6-14(18)16(20)17-13-9-11(2)8-12(3)10-13/h8-10,14H,4-7H2,1-3H3,(H,17,20). The van der Waals surface area contributed by atoms with Gasteiger partial charge in [-0.25, -0.2) is 0 Å². The molecule has 1 N–H and O–H groups in total. The van der Waals surface area contributed by atoms with Crippen LogP contribution in [0.4, 0.5) is 5.69 Å². The monoisotopic (exact) mass is 274 g/mol. The molecule has 1 saturated heterocycles. The summed E-state index contributed by atoms with van der Waals surface area (Å²) in [5.74, 6) is -0.0163. The molecule has 1 fully saturated rings. The number of anilines is 1. The van der Waals surface area contributed by atoms with E-state index in [4.69, 9.17) is 0 Å². The van der Waals surface area contributed by atoms with Gasteiger partial charge in [-0.15, -0.1) is 0 Å². The van der Waals surface area contributed by atoms with E-state index in [1.165, 1.54) is 0 Å². The van der Waals surface area contributed by atoms with E-state index >= 15 is 0 Å². The fourth-order valence-electron chi connectivity index (χ4n) is 2.81. The Balaban J connectivity index is 2.09. The number of amides is 2. The molecule has 0 bridgehead atoms. The summed E-state index contributed by atoms with van der Waals surface area (Å²) in [7, 11) is 0. The minimum absolute atomic E-state index is 0.0584. The lowest BCUT2D eigenvalue weighted by Crippen LogP contribution is -2.42. The lowest BCUT2D eigenvalue weighted by Gasteiger charge is -2.23. The maximum atomic E-state index is 12.4. The molecule has 108 valence electrons. The van der Waals surface area contributed by atoms with E-state index in [2.05, 4.69) is 11.4 Å². The number of carbonyl (C=O) groups excluding carboxylic acids is 2. The molecule has 1 atom stereocenters. The van der Waals surface area contributed by atoms with Crippen LogP contribution in [0.25, 0.3) is 0 Å². The molecule has 1 aliphatic heterocycles. The van der Waals surface area contributed by atoms with Gasteiger partial charge in [0.25, 0.3) is 0 Å². The van der Waals surface area contributed by atoms with Gasteiger partial charge in [0.2, 0.25) is 11.8 Å². The molecule has 1 aromatic rings. The van der Waals surface area contributed by atoms with Gasteiger partial charge in [0.1, 0.15) is 6.04 Å². The van der Waals surface area contributed by atoms with Crippen LogP contribution < -0.4 is 5.32 Å². The molecule has 1 aromatic carbocycles. The van der Waals surface area contributed by atoms with E-state index in [9.17, 15) is 9.59 Å². The van der Waals surface area contributed by atoms with Gasteiger partial charge in [-0.2, -0.15) is 0 Å². The lowest BCUT2D eigenvalue weighted by molar-refractivity contribution is -0.136. The average Bonchev–Trinajstić information content (AvgIpc) is 2.85. The third-order valence-corrected chi connectivity index (χ3v) is 3.67. The average molecular weight is 274 g/mol. The first-order valence-electron chi connectivity index (χ1n) is 7.20. The Kier molecular flexibility index (Phi) is 4.42. The van der Waals surface area contributed by atoms with Crippen molar-refractivity contribution in [2.75, 3.05) is 11.9 Å². The summed E-state index contributed by atoms with van der Waals surface area (Å²) in [5.41, 5.74) is 3.05. The van der Waals surface area contributed by atoms with E-state index in [1.807, 2.05) is 32.9 Å². The van der Waals surface area contributed by atoms with E-state index in [0.29, 0.717) is 13.0 Å². The summed E-state index contributed by atoms with van der Waals surface area (Å²) in [6.07, 6.45) is 2.10. The molecular formula is C16H22N2O2. The fourth-order valence-corrected chi connectivity index (χ4v) is 2.81. The van der Waals surface area contributed by atoms with Crippen LogP contribution in [-0.4, -0.2) is 29.3 Å². The smallest absolute Gasteiger partial charge is 0.247 e. The highest BCUT2D eigenvalue weighted by Crippen LogP contribution is 2.21. The highest BCUT2D eigenvalue weighted by Gasteiger charge is 2.33. The number of hydrogen-bond acceptors (Lipinski definition) is 2. The minimum atomic E-state index is -0.316. The number of likely N-dealkylation sites (tertiary alicyclic amines) is 1. The maximum Gasteiger partial charge on any atom is 0.247 e. The van der Waals surface area contributed by atoms with Gasteiger partial charge in [0, 0.05) is 18.7 Å². The largest absolute Gasteiger partial charge is 0.331 e. The first-order valence-corrected chi connectivity index (χ1v) is 7.20. The topological polar surface area (TPSA) is 49.4 Å². The molecule has 0 spiro atoms. The van der Waals surface area contributed by atoms with Gasteiger partial charge < -0.3 is 10.2 Å². The second-order valence-corrected chi connectivity index (χ2v) is 5.46. The van der Waals surface area contributed by atoms with Crippen molar-refractivity contribution in [3.8, 4) is 0 Å². The van der Waals surface area contributed by atoms with Crippen molar-refractivity contribution >= 4 is 17.5 Å². The number of rotatable bonds is 3. The number of benzene rings is 1. The molecule has 0 radical (unpaired) electrons. The van der Waals surface area contributed by atoms with Gasteiger partial charge in [0.15, 0.2) is 0 Å². The van der Waals surface area contributed by atoms with Crippen molar-refractivity contribution in [3.63, 3.8) is 0 Å². The normalized spacial score (nSPS) is 18.1. The summed E-state index contributed by atoms with van der Waals surface area (Å²) in [4.78, 5) is 25.9. The van der Waals surface area contributed by atoms with Crippen LogP contribution >= 0.6 is 0 Å². The molecule has 4 nitrogen and oxygen atoms in total. The van der Waals surface area contributed by atoms with Crippen molar-refractivity contribution in [3.05, 3.63) is 29.3 Å². The predicted molar refractivity (Wildman–Crippen MR) is 79.6 cm³/mol. The SMILES string of the molecule is CCC(=O)N1CCCC1C(=O)Nc1cc(C)cc(C)c1. The third kappa shape index (κ3) is 3.18. The molecule has 4 heteroatoms. The minimum Gasteiger partial charge on any atom is -0.331 e. The highest BCUT2D eigenvalue weighted by atomic mass is 16.2. The molecule has 1 heterocycles. The molecule has 2 rings (SSSR count). The number of nitrogens with zero attached hydrogens (tertiary/aromatic N) is 1. The van der Waals surface area contributed by atoms with Crippen molar-refractivity contribution in [2.24, 2.45) is 0 Å². The van der Waals surface area contributed by atoms with E-state index in [-0.39, 0.29) is 17.9 Å². The molecule has 1 unspecified atom stereocenters. The summed E-state index contributed by atoms with van der Waals surface area (Å²) in [6.45, 7) is 6.54. The Bertz CT molecular complexity index is 505. The first-order chi connectivity index (χ1) is 9.51. The maximum absolute atomic E-state index is 12.4. The Labute approximate surface area is 120 Å². The Morgan fingerprint density at radius 2 is 1.90 bits per heavy atom. The van der Waals surface area contributed by atoms with E-state index in [0.717, 1.165) is 29.7 Å². The molecule has 1 aliphatic rings. The zero-order valence-electron chi connectivity index (χ0n) is 12.4. The van der Waals surface area contributed by atoms with Crippen LogP contribution in [0.3, 0.4) is 0 Å². The second-order valence-electron chi connectivity index (χ2n) is 5.46. The zero-order valence-corrected chi connectivity index (χ0v) is 12.4. The van der Waals surface area contributed by atoms with Crippen LogP contribution in [-0.2, 0) is 9.59 Å². The van der Waals surface area contributed by atoms with Crippen molar-refractivity contribution in [1.82, 2.24) is 4.90 Å². The van der Waals surface area contributed by atoms with Crippen LogP contribution in [0.15, 0.2) is 18.2 Å². The predicted octanol–water partition coefficient (Wildman–Crippen LogP) is 2.64. The number of hydrogen-bond donors (Lipinski definition) is 1. The van der Waals surface area contributed by atoms with Crippen molar-refractivity contribution < 1.29 is 9.59 Å². The van der Waals surface area contributed by atoms with Gasteiger partial charge >= 0.3 is 0 Å². The van der Waals surface area contributed by atoms with Gasteiger partial charge in [-0.05, 0) is 49.9 Å². The third-order valence-electron chi connectivity index (χ3n) is 3.67. The summed E-state index contributed by atoms with van der Waals surface area (Å²) < 4.78 is 0. The molecule has 0 aromatic heterocycles. The van der Waals surface area contributed by atoms with Crippen molar-refractivity contribution in [1.29, 1.82) is 0 Å². The lowest BCUT2D eigenvalue weighted by atomic mass is 10.1. The fraction of sp³-hybridized carbons (Fsp3) is 0.500. The van der Waals surface area contributed by atoms with Crippen LogP contribution in [0.2, 0.25) is 0 Å². The molecule has 2 amide bonds. The summed E-state index contributed by atoms with van der Waals surface area (Å²) in [6, 6.07) is 5.65. The van der Waals surface area contributed by atoms with Crippen molar-refractivity contribution in [2.45, 2.75) is 46.1 Å². The number of nitrogens with one attached hydrogen (secondary N) is 1. The Morgan fingerprint density at radius 1 is 1.25 bits per heavy atom. The summed E-state index contributed by atoms with van der Waals surface area (Å²) in [5, 5.41) is 2.94. The van der Waals surface area contributed by atoms with Gasteiger partial charge in [-0.3, -0.25) is 9.59 Å². The Hall–Kier alpha value is -1.84. The van der Waals surface area contributed by atoms with Crippen LogP contribution in [0, 0.1) is 13.8 Å².